The SMILES string of the molecule is O=c1[nH]c(C(F)(F)F)nc2c1CN(Cc1cc3ccccc3nc1Cl)CC2. The van der Waals surface area contributed by atoms with Gasteiger partial charge in [-0.05, 0) is 12.1 Å². The van der Waals surface area contributed by atoms with Crippen molar-refractivity contribution in [2.24, 2.45) is 0 Å². The maximum atomic E-state index is 12.8. The van der Waals surface area contributed by atoms with E-state index in [1.165, 1.54) is 0 Å². The zero-order valence-electron chi connectivity index (χ0n) is 14.0. The highest BCUT2D eigenvalue weighted by molar-refractivity contribution is 6.30. The van der Waals surface area contributed by atoms with Crippen LogP contribution in [0.25, 0.3) is 10.9 Å². The van der Waals surface area contributed by atoms with E-state index in [1.54, 1.807) is 0 Å². The molecule has 3 aromatic rings. The predicted molar refractivity (Wildman–Crippen MR) is 94.4 cm³/mol. The van der Waals surface area contributed by atoms with Crippen LogP contribution in [0, 0.1) is 0 Å². The minimum Gasteiger partial charge on any atom is -0.303 e. The fourth-order valence-corrected chi connectivity index (χ4v) is 3.44. The van der Waals surface area contributed by atoms with Crippen molar-refractivity contribution in [1.82, 2.24) is 19.9 Å². The van der Waals surface area contributed by atoms with Gasteiger partial charge in [-0.25, -0.2) is 9.97 Å². The van der Waals surface area contributed by atoms with Crippen LogP contribution in [-0.4, -0.2) is 26.4 Å². The number of fused-ring (bicyclic) bond motifs is 2. The number of alkyl halides is 3. The molecule has 0 saturated heterocycles. The molecule has 140 valence electrons. The van der Waals surface area contributed by atoms with Gasteiger partial charge in [0.25, 0.3) is 5.56 Å². The Morgan fingerprint density at radius 1 is 1.22 bits per heavy atom. The Morgan fingerprint density at radius 3 is 2.78 bits per heavy atom. The Balaban J connectivity index is 1.60. The third-order valence-electron chi connectivity index (χ3n) is 4.56. The first-order chi connectivity index (χ1) is 12.8. The maximum Gasteiger partial charge on any atom is 0.449 e. The summed E-state index contributed by atoms with van der Waals surface area (Å²) < 4.78 is 38.4. The smallest absolute Gasteiger partial charge is 0.303 e. The number of hydrogen-bond acceptors (Lipinski definition) is 4. The van der Waals surface area contributed by atoms with Gasteiger partial charge < -0.3 is 4.98 Å². The largest absolute Gasteiger partial charge is 0.449 e. The molecule has 27 heavy (non-hydrogen) atoms. The number of para-hydroxylation sites is 1. The Hall–Kier alpha value is -2.45. The molecule has 1 aromatic carbocycles. The van der Waals surface area contributed by atoms with Crippen molar-refractivity contribution in [3.8, 4) is 0 Å². The van der Waals surface area contributed by atoms with Crippen LogP contribution in [0.15, 0.2) is 35.1 Å². The minimum absolute atomic E-state index is 0.199. The molecule has 4 rings (SSSR count). The number of benzene rings is 1. The third kappa shape index (κ3) is 3.54. The molecule has 0 atom stereocenters. The van der Waals surface area contributed by atoms with Crippen LogP contribution in [0.2, 0.25) is 5.15 Å². The van der Waals surface area contributed by atoms with Gasteiger partial charge in [0.1, 0.15) is 5.15 Å². The highest BCUT2D eigenvalue weighted by atomic mass is 35.5. The number of aromatic nitrogens is 3. The molecule has 0 radical (unpaired) electrons. The minimum atomic E-state index is -4.67. The molecule has 1 N–H and O–H groups in total. The molecular formula is C18H14ClF3N4O. The summed E-state index contributed by atoms with van der Waals surface area (Å²) >= 11 is 6.28. The first-order valence-electron chi connectivity index (χ1n) is 8.27. The van der Waals surface area contributed by atoms with Crippen molar-refractivity contribution in [3.05, 3.63) is 68.5 Å². The quantitative estimate of drug-likeness (QED) is 0.675. The van der Waals surface area contributed by atoms with E-state index in [2.05, 4.69) is 9.97 Å². The lowest BCUT2D eigenvalue weighted by Gasteiger charge is -2.28. The number of pyridine rings is 1. The normalized spacial score (nSPS) is 15.1. The van der Waals surface area contributed by atoms with E-state index in [1.807, 2.05) is 40.2 Å². The molecule has 0 aliphatic carbocycles. The van der Waals surface area contributed by atoms with Crippen LogP contribution in [0.1, 0.15) is 22.6 Å². The summed E-state index contributed by atoms with van der Waals surface area (Å²) in [5.74, 6) is -1.25. The maximum absolute atomic E-state index is 12.8. The summed E-state index contributed by atoms with van der Waals surface area (Å²) in [6.07, 6.45) is -4.41. The van der Waals surface area contributed by atoms with E-state index in [-0.39, 0.29) is 24.2 Å². The van der Waals surface area contributed by atoms with Crippen LogP contribution in [0.5, 0.6) is 0 Å². The molecule has 1 aliphatic rings. The highest BCUT2D eigenvalue weighted by Crippen LogP contribution is 2.27. The standard InChI is InChI=1S/C18H14ClF3N4O/c19-15-11(7-10-3-1-2-4-13(10)23-15)8-26-6-5-14-12(9-26)16(27)25-17(24-14)18(20,21)22/h1-4,7H,5-6,8-9H2,(H,24,25,27). The molecule has 9 heteroatoms. The van der Waals surface area contributed by atoms with Gasteiger partial charge in [-0.15, -0.1) is 0 Å². The van der Waals surface area contributed by atoms with Crippen molar-refractivity contribution in [3.63, 3.8) is 0 Å². The molecule has 0 unspecified atom stereocenters. The molecule has 0 amide bonds. The van der Waals surface area contributed by atoms with Gasteiger partial charge in [0.2, 0.25) is 5.82 Å². The average Bonchev–Trinajstić information content (AvgIpc) is 2.62. The number of halogens is 4. The molecule has 2 aromatic heterocycles. The van der Waals surface area contributed by atoms with Gasteiger partial charge in [0.05, 0.1) is 16.8 Å². The van der Waals surface area contributed by atoms with E-state index in [4.69, 9.17) is 11.6 Å². The number of H-pyrrole nitrogens is 1. The van der Waals surface area contributed by atoms with Crippen molar-refractivity contribution in [1.29, 1.82) is 0 Å². The second-order valence-electron chi connectivity index (χ2n) is 6.43. The summed E-state index contributed by atoms with van der Waals surface area (Å²) in [6, 6.07) is 9.52. The first kappa shape index (κ1) is 17.9. The van der Waals surface area contributed by atoms with Crippen LogP contribution < -0.4 is 5.56 Å². The van der Waals surface area contributed by atoms with Crippen molar-refractivity contribution >= 4 is 22.5 Å². The monoisotopic (exact) mass is 394 g/mol. The Labute approximate surface area is 156 Å². The zero-order chi connectivity index (χ0) is 19.2. The van der Waals surface area contributed by atoms with Gasteiger partial charge in [0, 0.05) is 37.0 Å². The number of nitrogens with zero attached hydrogens (tertiary/aromatic N) is 3. The molecule has 0 fully saturated rings. The Kier molecular flexibility index (Phi) is 4.39. The molecule has 0 spiro atoms. The lowest BCUT2D eigenvalue weighted by molar-refractivity contribution is -0.145. The van der Waals surface area contributed by atoms with Crippen LogP contribution in [0.4, 0.5) is 13.2 Å². The summed E-state index contributed by atoms with van der Waals surface area (Å²) in [5, 5.41) is 1.32. The van der Waals surface area contributed by atoms with Crippen molar-refractivity contribution in [2.75, 3.05) is 6.54 Å². The summed E-state index contributed by atoms with van der Waals surface area (Å²) in [7, 11) is 0. The van der Waals surface area contributed by atoms with E-state index in [9.17, 15) is 18.0 Å². The lowest BCUT2D eigenvalue weighted by atomic mass is 10.1. The summed E-state index contributed by atoms with van der Waals surface area (Å²) in [6.45, 7) is 1.12. The molecule has 1 aliphatic heterocycles. The van der Waals surface area contributed by atoms with Gasteiger partial charge in [-0.1, -0.05) is 29.8 Å². The number of rotatable bonds is 2. The fraction of sp³-hybridized carbons (Fsp3) is 0.278. The molecular weight excluding hydrogens is 381 g/mol. The highest BCUT2D eigenvalue weighted by Gasteiger charge is 2.36. The predicted octanol–water partition coefficient (Wildman–Crippen LogP) is 3.55. The molecule has 5 nitrogen and oxygen atoms in total. The number of hydrogen-bond donors (Lipinski definition) is 1. The topological polar surface area (TPSA) is 61.9 Å². The zero-order valence-corrected chi connectivity index (χ0v) is 14.7. The molecule has 0 bridgehead atoms. The van der Waals surface area contributed by atoms with Gasteiger partial charge >= 0.3 is 6.18 Å². The third-order valence-corrected chi connectivity index (χ3v) is 4.89. The molecule has 3 heterocycles. The van der Waals surface area contributed by atoms with Crippen LogP contribution in [0.3, 0.4) is 0 Å². The number of aromatic amines is 1. The molecule has 0 saturated carbocycles. The van der Waals surface area contributed by atoms with Crippen molar-refractivity contribution < 1.29 is 13.2 Å². The van der Waals surface area contributed by atoms with Crippen LogP contribution >= 0.6 is 11.6 Å². The van der Waals surface area contributed by atoms with E-state index >= 15 is 0 Å². The van der Waals surface area contributed by atoms with Gasteiger partial charge in [-0.2, -0.15) is 13.2 Å². The lowest BCUT2D eigenvalue weighted by Crippen LogP contribution is -2.36. The van der Waals surface area contributed by atoms with Gasteiger partial charge in [0.15, 0.2) is 0 Å². The Morgan fingerprint density at radius 2 is 2.00 bits per heavy atom. The summed E-state index contributed by atoms with van der Waals surface area (Å²) in [5.41, 5.74) is 1.30. The number of nitrogens with one attached hydrogen (secondary N) is 1. The fourth-order valence-electron chi connectivity index (χ4n) is 3.24. The van der Waals surface area contributed by atoms with Gasteiger partial charge in [-0.3, -0.25) is 9.69 Å². The van der Waals surface area contributed by atoms with Crippen LogP contribution in [-0.2, 0) is 25.7 Å². The first-order valence-corrected chi connectivity index (χ1v) is 8.65. The van der Waals surface area contributed by atoms with E-state index in [0.29, 0.717) is 18.2 Å². The van der Waals surface area contributed by atoms with Crippen molar-refractivity contribution in [2.45, 2.75) is 25.7 Å². The Bertz CT molecular complexity index is 1080. The second-order valence-corrected chi connectivity index (χ2v) is 6.79. The van der Waals surface area contributed by atoms with E-state index in [0.717, 1.165) is 16.5 Å². The average molecular weight is 395 g/mol. The summed E-state index contributed by atoms with van der Waals surface area (Å²) in [4.78, 5) is 23.9. The van der Waals surface area contributed by atoms with E-state index < -0.39 is 17.6 Å². The second kappa shape index (κ2) is 6.61.